The van der Waals surface area contributed by atoms with E-state index in [-0.39, 0.29) is 21.1 Å². The Bertz CT molecular complexity index is 235. The van der Waals surface area contributed by atoms with Crippen LogP contribution in [0.2, 0.25) is 0 Å². The summed E-state index contributed by atoms with van der Waals surface area (Å²) >= 11 is 0. The van der Waals surface area contributed by atoms with Crippen LogP contribution in [-0.2, 0) is 21.1 Å². The Morgan fingerprint density at radius 1 is 1.33 bits per heavy atom. The Morgan fingerprint density at radius 3 is 2.42 bits per heavy atom. The summed E-state index contributed by atoms with van der Waals surface area (Å²) in [7, 11) is 3.86. The SMILES string of the molecule is [CH2-]CN([CH2-])c1ccccc1C.[W+2]. The maximum Gasteiger partial charge on any atom is 2.00 e. The molecule has 0 aliphatic heterocycles. The normalized spacial score (nSPS) is 8.92. The van der Waals surface area contributed by atoms with Gasteiger partial charge in [-0.05, 0) is 18.6 Å². The number of hydrogen-bond donors (Lipinski definition) is 0. The van der Waals surface area contributed by atoms with Crippen LogP contribution in [0.1, 0.15) is 5.56 Å². The Kier molecular flexibility index (Phi) is 5.24. The fraction of sp³-hybridized carbons (Fsp3) is 0.200. The fourth-order valence-electron chi connectivity index (χ4n) is 1.04. The average Bonchev–Trinajstić information content (AvgIpc) is 2.04. The number of rotatable bonds is 2. The topological polar surface area (TPSA) is 3.24 Å². The van der Waals surface area contributed by atoms with Crippen LogP contribution in [0, 0.1) is 20.9 Å². The summed E-state index contributed by atoms with van der Waals surface area (Å²) in [5.41, 5.74) is 2.40. The standard InChI is InChI=1S/C10H13N.W/c1-4-11(3)10-8-6-5-7-9(10)2;/h5-8H,1,3-4H2,2H3;/q-2;+2. The molecule has 0 N–H and O–H groups in total. The molecule has 64 valence electrons. The number of anilines is 1. The van der Waals surface area contributed by atoms with Crippen LogP contribution in [-0.4, -0.2) is 6.54 Å². The molecule has 0 saturated carbocycles. The molecule has 0 amide bonds. The Labute approximate surface area is 89.0 Å². The van der Waals surface area contributed by atoms with Crippen LogP contribution in [0.25, 0.3) is 0 Å². The number of aryl methyl sites for hydroxylation is 1. The van der Waals surface area contributed by atoms with E-state index in [1.807, 2.05) is 23.1 Å². The van der Waals surface area contributed by atoms with Crippen LogP contribution in [0.15, 0.2) is 24.3 Å². The number of hydrogen-bond acceptors (Lipinski definition) is 1. The average molecular weight is 331 g/mol. The van der Waals surface area contributed by atoms with E-state index in [4.69, 9.17) is 0 Å². The monoisotopic (exact) mass is 331 g/mol. The van der Waals surface area contributed by atoms with Gasteiger partial charge in [0.2, 0.25) is 0 Å². The molecule has 1 aromatic rings. The molecule has 0 atom stereocenters. The van der Waals surface area contributed by atoms with E-state index in [2.05, 4.69) is 27.0 Å². The molecule has 0 unspecified atom stereocenters. The summed E-state index contributed by atoms with van der Waals surface area (Å²) in [5.74, 6) is 0. The van der Waals surface area contributed by atoms with Crippen molar-refractivity contribution < 1.29 is 21.1 Å². The van der Waals surface area contributed by atoms with Gasteiger partial charge in [-0.1, -0.05) is 18.2 Å². The first-order chi connectivity index (χ1) is 5.25. The minimum absolute atomic E-state index is 0. The minimum atomic E-state index is 0. The predicted octanol–water partition coefficient (Wildman–Crippen LogP) is 2.42. The van der Waals surface area contributed by atoms with E-state index in [9.17, 15) is 0 Å². The van der Waals surface area contributed by atoms with E-state index in [1.54, 1.807) is 0 Å². The number of nitrogens with zero attached hydrogens (tertiary/aromatic N) is 1. The van der Waals surface area contributed by atoms with Gasteiger partial charge < -0.3 is 11.8 Å². The van der Waals surface area contributed by atoms with Crippen LogP contribution in [0.4, 0.5) is 5.69 Å². The first-order valence-electron chi connectivity index (χ1n) is 3.68. The number of para-hydroxylation sites is 1. The van der Waals surface area contributed by atoms with Gasteiger partial charge in [0.25, 0.3) is 0 Å². The smallest absolute Gasteiger partial charge is 0.550 e. The summed E-state index contributed by atoms with van der Waals surface area (Å²) in [4.78, 5) is 1.88. The predicted molar refractivity (Wildman–Crippen MR) is 49.2 cm³/mol. The molecule has 0 bridgehead atoms. The minimum Gasteiger partial charge on any atom is -0.550 e. The van der Waals surface area contributed by atoms with E-state index in [0.29, 0.717) is 6.54 Å². The quantitative estimate of drug-likeness (QED) is 0.753. The molecular formula is C10H13NW. The van der Waals surface area contributed by atoms with Gasteiger partial charge in [0.1, 0.15) is 0 Å². The summed E-state index contributed by atoms with van der Waals surface area (Å²) in [6.45, 7) is 6.54. The van der Waals surface area contributed by atoms with Crippen molar-refractivity contribution in [3.8, 4) is 0 Å². The third-order valence-electron chi connectivity index (χ3n) is 1.73. The van der Waals surface area contributed by atoms with Gasteiger partial charge in [-0.2, -0.15) is 0 Å². The zero-order valence-corrected chi connectivity index (χ0v) is 10.2. The second-order valence-electron chi connectivity index (χ2n) is 2.55. The van der Waals surface area contributed by atoms with E-state index < -0.39 is 0 Å². The van der Waals surface area contributed by atoms with Crippen molar-refractivity contribution in [1.82, 2.24) is 0 Å². The molecule has 0 radical (unpaired) electrons. The molecule has 2 heteroatoms. The number of benzene rings is 1. The fourth-order valence-corrected chi connectivity index (χ4v) is 1.04. The third-order valence-corrected chi connectivity index (χ3v) is 1.73. The van der Waals surface area contributed by atoms with Crippen molar-refractivity contribution >= 4 is 5.69 Å². The van der Waals surface area contributed by atoms with E-state index >= 15 is 0 Å². The Morgan fingerprint density at radius 2 is 1.92 bits per heavy atom. The van der Waals surface area contributed by atoms with Crippen LogP contribution < -0.4 is 4.90 Å². The Hall–Kier alpha value is -0.292. The molecule has 1 aromatic carbocycles. The summed E-state index contributed by atoms with van der Waals surface area (Å²) < 4.78 is 0. The van der Waals surface area contributed by atoms with Crippen molar-refractivity contribution in [3.05, 3.63) is 43.8 Å². The molecule has 12 heavy (non-hydrogen) atoms. The second kappa shape index (κ2) is 5.37. The van der Waals surface area contributed by atoms with E-state index in [0.717, 1.165) is 5.69 Å². The molecule has 0 heterocycles. The molecular weight excluding hydrogens is 318 g/mol. The summed E-state index contributed by atoms with van der Waals surface area (Å²) in [5, 5.41) is 0. The van der Waals surface area contributed by atoms with Gasteiger partial charge in [-0.3, -0.25) is 7.05 Å². The largest absolute Gasteiger partial charge is 2.00 e. The van der Waals surface area contributed by atoms with Gasteiger partial charge in [0.15, 0.2) is 0 Å². The van der Waals surface area contributed by atoms with Crippen molar-refractivity contribution in [1.29, 1.82) is 0 Å². The molecule has 0 aliphatic rings. The maximum absolute atomic E-state index is 3.86. The molecule has 0 spiro atoms. The van der Waals surface area contributed by atoms with Crippen LogP contribution >= 0.6 is 0 Å². The van der Waals surface area contributed by atoms with Crippen LogP contribution in [0.3, 0.4) is 0 Å². The third kappa shape index (κ3) is 2.64. The summed E-state index contributed by atoms with van der Waals surface area (Å²) in [6, 6.07) is 8.16. The van der Waals surface area contributed by atoms with E-state index in [1.165, 1.54) is 5.56 Å². The van der Waals surface area contributed by atoms with Crippen molar-refractivity contribution in [3.63, 3.8) is 0 Å². The first-order valence-corrected chi connectivity index (χ1v) is 3.68. The van der Waals surface area contributed by atoms with Gasteiger partial charge in [-0.25, -0.2) is 0 Å². The molecule has 1 rings (SSSR count). The van der Waals surface area contributed by atoms with Crippen molar-refractivity contribution in [2.75, 3.05) is 11.4 Å². The molecule has 0 saturated heterocycles. The van der Waals surface area contributed by atoms with Crippen LogP contribution in [0.5, 0.6) is 0 Å². The zero-order chi connectivity index (χ0) is 8.27. The summed E-state index contributed by atoms with van der Waals surface area (Å²) in [6.07, 6.45) is 0. The van der Waals surface area contributed by atoms with Crippen molar-refractivity contribution in [2.24, 2.45) is 0 Å². The zero-order valence-electron chi connectivity index (χ0n) is 7.29. The maximum atomic E-state index is 3.86. The van der Waals surface area contributed by atoms with Gasteiger partial charge in [-0.15, -0.1) is 6.54 Å². The van der Waals surface area contributed by atoms with Crippen molar-refractivity contribution in [2.45, 2.75) is 6.92 Å². The van der Waals surface area contributed by atoms with Gasteiger partial charge >= 0.3 is 21.1 Å². The first kappa shape index (κ1) is 11.7. The second-order valence-corrected chi connectivity index (χ2v) is 2.55. The molecule has 0 aromatic heterocycles. The van der Waals surface area contributed by atoms with Gasteiger partial charge in [0.05, 0.1) is 0 Å². The molecule has 0 aliphatic carbocycles. The molecule has 1 nitrogen and oxygen atoms in total. The Balaban J connectivity index is 0.00000121. The van der Waals surface area contributed by atoms with Gasteiger partial charge in [0, 0.05) is 5.69 Å². The molecule has 0 fully saturated rings.